The summed E-state index contributed by atoms with van der Waals surface area (Å²) in [7, 11) is 1.47. The highest BCUT2D eigenvalue weighted by molar-refractivity contribution is 6.15. The summed E-state index contributed by atoms with van der Waals surface area (Å²) in [5.74, 6) is -0.501. The van der Waals surface area contributed by atoms with Crippen LogP contribution in [0.15, 0.2) is 70.8 Å². The van der Waals surface area contributed by atoms with Gasteiger partial charge in [0, 0.05) is 11.6 Å². The summed E-state index contributed by atoms with van der Waals surface area (Å²) >= 11 is 0. The summed E-state index contributed by atoms with van der Waals surface area (Å²) in [6, 6.07) is 15.1. The molecule has 0 bridgehead atoms. The molecule has 0 unspecified atom stereocenters. The SMILES string of the molecule is COc1ccccc1NC(=O)CN1C(=O)N/C(=C/c2ccc(-c3cccc(F)c3)o2)C1=O. The molecule has 0 atom stereocenters. The molecule has 1 aliphatic heterocycles. The zero-order valence-corrected chi connectivity index (χ0v) is 16.9. The second kappa shape index (κ2) is 8.76. The fourth-order valence-corrected chi connectivity index (χ4v) is 3.17. The van der Waals surface area contributed by atoms with Crippen LogP contribution in [0.5, 0.6) is 5.75 Å². The van der Waals surface area contributed by atoms with Gasteiger partial charge in [0.05, 0.1) is 12.8 Å². The lowest BCUT2D eigenvalue weighted by atomic mass is 10.2. The maximum absolute atomic E-state index is 13.4. The number of halogens is 1. The van der Waals surface area contributed by atoms with E-state index < -0.39 is 30.2 Å². The van der Waals surface area contributed by atoms with Crippen LogP contribution < -0.4 is 15.4 Å². The molecule has 4 rings (SSSR count). The molecule has 1 saturated heterocycles. The van der Waals surface area contributed by atoms with Gasteiger partial charge < -0.3 is 19.8 Å². The first kappa shape index (κ1) is 20.9. The number of anilines is 1. The van der Waals surface area contributed by atoms with Gasteiger partial charge in [0.2, 0.25) is 5.91 Å². The molecule has 0 radical (unpaired) electrons. The monoisotopic (exact) mass is 435 g/mol. The van der Waals surface area contributed by atoms with Gasteiger partial charge in [0.15, 0.2) is 0 Å². The minimum atomic E-state index is -0.728. The quantitative estimate of drug-likeness (QED) is 0.455. The Morgan fingerprint density at radius 1 is 1.16 bits per heavy atom. The van der Waals surface area contributed by atoms with Gasteiger partial charge in [-0.1, -0.05) is 24.3 Å². The Labute approximate surface area is 182 Å². The van der Waals surface area contributed by atoms with Gasteiger partial charge >= 0.3 is 6.03 Å². The van der Waals surface area contributed by atoms with Crippen molar-refractivity contribution in [2.75, 3.05) is 19.0 Å². The van der Waals surface area contributed by atoms with Gasteiger partial charge in [-0.15, -0.1) is 0 Å². The van der Waals surface area contributed by atoms with Gasteiger partial charge in [-0.05, 0) is 36.4 Å². The molecule has 2 N–H and O–H groups in total. The summed E-state index contributed by atoms with van der Waals surface area (Å²) in [5, 5.41) is 5.04. The lowest BCUT2D eigenvalue weighted by Gasteiger charge is -2.13. The molecule has 2 heterocycles. The third-order valence-corrected chi connectivity index (χ3v) is 4.67. The molecule has 9 heteroatoms. The predicted octanol–water partition coefficient (Wildman–Crippen LogP) is 3.63. The first-order valence-corrected chi connectivity index (χ1v) is 9.58. The summed E-state index contributed by atoms with van der Waals surface area (Å²) in [5.41, 5.74) is 0.912. The maximum atomic E-state index is 13.4. The predicted molar refractivity (Wildman–Crippen MR) is 114 cm³/mol. The highest BCUT2D eigenvalue weighted by Crippen LogP contribution is 2.25. The fourth-order valence-electron chi connectivity index (χ4n) is 3.17. The second-order valence-electron chi connectivity index (χ2n) is 6.84. The number of amides is 4. The van der Waals surface area contributed by atoms with Crippen LogP contribution in [0.2, 0.25) is 0 Å². The summed E-state index contributed by atoms with van der Waals surface area (Å²) < 4.78 is 24.2. The van der Waals surface area contributed by atoms with Crippen molar-refractivity contribution >= 4 is 29.6 Å². The summed E-state index contributed by atoms with van der Waals surface area (Å²) in [4.78, 5) is 38.0. The number of hydrogen-bond acceptors (Lipinski definition) is 5. The van der Waals surface area contributed by atoms with Crippen molar-refractivity contribution in [2.24, 2.45) is 0 Å². The third-order valence-electron chi connectivity index (χ3n) is 4.67. The van der Waals surface area contributed by atoms with Crippen LogP contribution in [0.3, 0.4) is 0 Å². The molecule has 1 fully saturated rings. The molecule has 3 aromatic rings. The number of furan rings is 1. The van der Waals surface area contributed by atoms with E-state index in [-0.39, 0.29) is 11.5 Å². The van der Waals surface area contributed by atoms with Crippen molar-refractivity contribution in [3.63, 3.8) is 0 Å². The van der Waals surface area contributed by atoms with Crippen LogP contribution in [0.25, 0.3) is 17.4 Å². The number of para-hydroxylation sites is 2. The molecular formula is C23H18FN3O5. The molecule has 1 aromatic heterocycles. The molecular weight excluding hydrogens is 417 g/mol. The van der Waals surface area contributed by atoms with Crippen LogP contribution in [-0.2, 0) is 9.59 Å². The Hall–Kier alpha value is -4.40. The van der Waals surface area contributed by atoms with Crippen LogP contribution >= 0.6 is 0 Å². The van der Waals surface area contributed by atoms with Crippen LogP contribution in [0.4, 0.5) is 14.9 Å². The van der Waals surface area contributed by atoms with Crippen molar-refractivity contribution in [1.29, 1.82) is 0 Å². The van der Waals surface area contributed by atoms with Crippen molar-refractivity contribution in [2.45, 2.75) is 0 Å². The Bertz CT molecular complexity index is 1230. The van der Waals surface area contributed by atoms with E-state index in [0.717, 1.165) is 4.90 Å². The Morgan fingerprint density at radius 3 is 2.75 bits per heavy atom. The maximum Gasteiger partial charge on any atom is 0.329 e. The minimum absolute atomic E-state index is 0.0415. The number of hydrogen-bond donors (Lipinski definition) is 2. The van der Waals surface area contributed by atoms with Gasteiger partial charge in [0.25, 0.3) is 5.91 Å². The van der Waals surface area contributed by atoms with Crippen LogP contribution in [0, 0.1) is 5.82 Å². The van der Waals surface area contributed by atoms with E-state index in [0.29, 0.717) is 22.8 Å². The number of nitrogens with one attached hydrogen (secondary N) is 2. The van der Waals surface area contributed by atoms with E-state index in [2.05, 4.69) is 10.6 Å². The number of benzene rings is 2. The van der Waals surface area contributed by atoms with Gasteiger partial charge in [0.1, 0.15) is 35.3 Å². The first-order chi connectivity index (χ1) is 15.4. The molecule has 4 amide bonds. The van der Waals surface area contributed by atoms with Crippen LogP contribution in [-0.4, -0.2) is 36.4 Å². The summed E-state index contributed by atoms with van der Waals surface area (Å²) in [6.07, 6.45) is 1.35. The van der Waals surface area contributed by atoms with Crippen molar-refractivity contribution in [3.8, 4) is 17.1 Å². The average Bonchev–Trinajstić information content (AvgIpc) is 3.34. The topological polar surface area (TPSA) is 101 Å². The van der Waals surface area contributed by atoms with Crippen LogP contribution in [0.1, 0.15) is 5.76 Å². The molecule has 0 aliphatic carbocycles. The van der Waals surface area contributed by atoms with Crippen molar-refractivity contribution in [1.82, 2.24) is 10.2 Å². The molecule has 162 valence electrons. The largest absolute Gasteiger partial charge is 0.495 e. The number of carbonyl (C=O) groups excluding carboxylic acids is 3. The van der Waals surface area contributed by atoms with Crippen molar-refractivity contribution < 1.29 is 27.9 Å². The Morgan fingerprint density at radius 2 is 1.97 bits per heavy atom. The number of nitrogens with zero attached hydrogens (tertiary/aromatic N) is 1. The van der Waals surface area contributed by atoms with Gasteiger partial charge in [-0.2, -0.15) is 0 Å². The lowest BCUT2D eigenvalue weighted by Crippen LogP contribution is -2.38. The first-order valence-electron chi connectivity index (χ1n) is 9.58. The zero-order chi connectivity index (χ0) is 22.7. The van der Waals surface area contributed by atoms with E-state index in [4.69, 9.17) is 9.15 Å². The molecule has 32 heavy (non-hydrogen) atoms. The van der Waals surface area contributed by atoms with E-state index in [1.807, 2.05) is 0 Å². The average molecular weight is 435 g/mol. The lowest BCUT2D eigenvalue weighted by molar-refractivity contribution is -0.127. The highest BCUT2D eigenvalue weighted by Gasteiger charge is 2.35. The van der Waals surface area contributed by atoms with E-state index in [9.17, 15) is 18.8 Å². The highest BCUT2D eigenvalue weighted by atomic mass is 19.1. The molecule has 1 aliphatic rings. The summed E-state index contributed by atoms with van der Waals surface area (Å²) in [6.45, 7) is -0.479. The van der Waals surface area contributed by atoms with Gasteiger partial charge in [-0.3, -0.25) is 9.59 Å². The normalized spacial score (nSPS) is 14.6. The Kier molecular flexibility index (Phi) is 5.71. The van der Waals surface area contributed by atoms with E-state index in [1.54, 1.807) is 48.5 Å². The fraction of sp³-hybridized carbons (Fsp3) is 0.0870. The standard InChI is InChI=1S/C23H18FN3O5/c1-31-20-8-3-2-7-17(20)25-21(28)13-27-22(29)18(26-23(27)30)12-16-9-10-19(32-16)14-5-4-6-15(24)11-14/h2-12H,13H2,1H3,(H,25,28)(H,26,30)/b18-12+. The number of carbonyl (C=O) groups is 3. The van der Waals surface area contributed by atoms with Gasteiger partial charge in [-0.25, -0.2) is 14.1 Å². The Balaban J connectivity index is 1.46. The van der Waals surface area contributed by atoms with E-state index in [1.165, 1.54) is 25.3 Å². The zero-order valence-electron chi connectivity index (χ0n) is 16.9. The number of methoxy groups -OCH3 is 1. The number of urea groups is 1. The molecule has 2 aromatic carbocycles. The number of imide groups is 1. The third kappa shape index (κ3) is 4.36. The molecule has 0 spiro atoms. The number of ether oxygens (including phenoxy) is 1. The van der Waals surface area contributed by atoms with E-state index >= 15 is 0 Å². The smallest absolute Gasteiger partial charge is 0.329 e. The molecule has 8 nitrogen and oxygen atoms in total. The minimum Gasteiger partial charge on any atom is -0.495 e. The number of rotatable bonds is 6. The second-order valence-corrected chi connectivity index (χ2v) is 6.84. The molecule has 0 saturated carbocycles. The van der Waals surface area contributed by atoms with Crippen molar-refractivity contribution in [3.05, 3.63) is 77.9 Å².